The summed E-state index contributed by atoms with van der Waals surface area (Å²) in [7, 11) is 0. The van der Waals surface area contributed by atoms with Gasteiger partial charge >= 0.3 is 5.97 Å². The number of hydrogen-bond acceptors (Lipinski definition) is 4. The molecule has 1 aromatic heterocycles. The predicted molar refractivity (Wildman–Crippen MR) is 79.4 cm³/mol. The molecule has 2 heterocycles. The van der Waals surface area contributed by atoms with Gasteiger partial charge in [0.25, 0.3) is 0 Å². The highest BCUT2D eigenvalue weighted by molar-refractivity contribution is 5.88. The number of benzene rings is 1. The first-order chi connectivity index (χ1) is 10.0. The molecule has 108 valence electrons. The Labute approximate surface area is 123 Å². The first-order valence-electron chi connectivity index (χ1n) is 6.96. The zero-order valence-electron chi connectivity index (χ0n) is 12.1. The van der Waals surface area contributed by atoms with Crippen LogP contribution in [0.2, 0.25) is 0 Å². The standard InChI is InChI=1S/C16H17N3O2/c1-10(2)14-6-15(18-9-17-14)19-7-12-4-3-11(16(20)21)5-13(12)8-19/h3-6,9-10H,7-8H2,1-2H3,(H,20,21). The second-order valence-electron chi connectivity index (χ2n) is 5.60. The molecule has 2 aromatic rings. The number of aromatic carboxylic acids is 1. The summed E-state index contributed by atoms with van der Waals surface area (Å²) >= 11 is 0. The number of rotatable bonds is 3. The molecule has 0 unspecified atom stereocenters. The smallest absolute Gasteiger partial charge is 0.335 e. The number of fused-ring (bicyclic) bond motifs is 1. The Morgan fingerprint density at radius 2 is 1.95 bits per heavy atom. The van der Waals surface area contributed by atoms with Crippen LogP contribution in [0.1, 0.15) is 46.9 Å². The van der Waals surface area contributed by atoms with Crippen LogP contribution in [0.15, 0.2) is 30.6 Å². The van der Waals surface area contributed by atoms with Crippen LogP contribution in [0.25, 0.3) is 0 Å². The molecule has 21 heavy (non-hydrogen) atoms. The van der Waals surface area contributed by atoms with Gasteiger partial charge in [-0.05, 0) is 29.2 Å². The summed E-state index contributed by atoms with van der Waals surface area (Å²) in [6.07, 6.45) is 1.59. The lowest BCUT2D eigenvalue weighted by atomic mass is 10.1. The van der Waals surface area contributed by atoms with E-state index in [1.165, 1.54) is 0 Å². The molecule has 1 aliphatic rings. The van der Waals surface area contributed by atoms with Crippen molar-refractivity contribution in [3.05, 3.63) is 53.0 Å². The number of carbonyl (C=O) groups is 1. The minimum absolute atomic E-state index is 0.334. The van der Waals surface area contributed by atoms with Crippen molar-refractivity contribution in [2.45, 2.75) is 32.9 Å². The molecule has 5 nitrogen and oxygen atoms in total. The van der Waals surface area contributed by atoms with Crippen LogP contribution in [-0.2, 0) is 13.1 Å². The predicted octanol–water partition coefficient (Wildman–Crippen LogP) is 2.82. The van der Waals surface area contributed by atoms with E-state index in [4.69, 9.17) is 5.11 Å². The van der Waals surface area contributed by atoms with Crippen LogP contribution in [0.5, 0.6) is 0 Å². The average molecular weight is 283 g/mol. The Hall–Kier alpha value is -2.43. The topological polar surface area (TPSA) is 66.3 Å². The number of carboxylic acid groups (broad SMARTS) is 1. The van der Waals surface area contributed by atoms with E-state index in [0.717, 1.165) is 29.2 Å². The largest absolute Gasteiger partial charge is 0.478 e. The average Bonchev–Trinajstić information content (AvgIpc) is 2.90. The summed E-state index contributed by atoms with van der Waals surface area (Å²) in [5, 5.41) is 9.06. The number of anilines is 1. The van der Waals surface area contributed by atoms with Crippen LogP contribution in [0, 0.1) is 0 Å². The Balaban J connectivity index is 1.87. The van der Waals surface area contributed by atoms with Crippen molar-refractivity contribution < 1.29 is 9.90 Å². The van der Waals surface area contributed by atoms with Gasteiger partial charge in [-0.1, -0.05) is 19.9 Å². The first-order valence-corrected chi connectivity index (χ1v) is 6.96. The van der Waals surface area contributed by atoms with Gasteiger partial charge < -0.3 is 10.0 Å². The third kappa shape index (κ3) is 2.59. The van der Waals surface area contributed by atoms with Crippen LogP contribution in [0.4, 0.5) is 5.82 Å². The van der Waals surface area contributed by atoms with Gasteiger partial charge in [-0.2, -0.15) is 0 Å². The van der Waals surface area contributed by atoms with Crippen LogP contribution >= 0.6 is 0 Å². The third-order valence-electron chi connectivity index (χ3n) is 3.76. The van der Waals surface area contributed by atoms with Crippen molar-refractivity contribution in [2.24, 2.45) is 0 Å². The molecule has 0 spiro atoms. The van der Waals surface area contributed by atoms with Crippen molar-refractivity contribution in [2.75, 3.05) is 4.90 Å². The van der Waals surface area contributed by atoms with E-state index >= 15 is 0 Å². The molecular weight excluding hydrogens is 266 g/mol. The van der Waals surface area contributed by atoms with E-state index in [-0.39, 0.29) is 0 Å². The van der Waals surface area contributed by atoms with Crippen molar-refractivity contribution in [1.29, 1.82) is 0 Å². The zero-order valence-corrected chi connectivity index (χ0v) is 12.1. The van der Waals surface area contributed by atoms with Gasteiger partial charge in [0.1, 0.15) is 12.1 Å². The highest BCUT2D eigenvalue weighted by Crippen LogP contribution is 2.28. The Morgan fingerprint density at radius 3 is 2.67 bits per heavy atom. The van der Waals surface area contributed by atoms with Gasteiger partial charge in [-0.25, -0.2) is 14.8 Å². The molecule has 0 bridgehead atoms. The molecule has 1 N–H and O–H groups in total. The van der Waals surface area contributed by atoms with E-state index in [2.05, 4.69) is 28.7 Å². The quantitative estimate of drug-likeness (QED) is 0.938. The van der Waals surface area contributed by atoms with E-state index in [1.54, 1.807) is 18.5 Å². The Bertz CT molecular complexity index is 698. The normalized spacial score (nSPS) is 13.6. The molecule has 0 fully saturated rings. The molecule has 3 rings (SSSR count). The fourth-order valence-corrected chi connectivity index (χ4v) is 2.54. The maximum absolute atomic E-state index is 11.0. The van der Waals surface area contributed by atoms with Gasteiger partial charge in [0.15, 0.2) is 0 Å². The highest BCUT2D eigenvalue weighted by atomic mass is 16.4. The van der Waals surface area contributed by atoms with Crippen molar-refractivity contribution >= 4 is 11.8 Å². The van der Waals surface area contributed by atoms with E-state index < -0.39 is 5.97 Å². The molecular formula is C16H17N3O2. The maximum atomic E-state index is 11.0. The fourth-order valence-electron chi connectivity index (χ4n) is 2.54. The van der Waals surface area contributed by atoms with Gasteiger partial charge in [0, 0.05) is 24.8 Å². The van der Waals surface area contributed by atoms with Crippen molar-refractivity contribution in [3.8, 4) is 0 Å². The minimum atomic E-state index is -0.889. The molecule has 0 amide bonds. The molecule has 1 aromatic carbocycles. The number of nitrogens with zero attached hydrogens (tertiary/aromatic N) is 3. The zero-order chi connectivity index (χ0) is 15.0. The van der Waals surface area contributed by atoms with Gasteiger partial charge in [0.2, 0.25) is 0 Å². The van der Waals surface area contributed by atoms with Crippen LogP contribution in [-0.4, -0.2) is 21.0 Å². The second kappa shape index (κ2) is 5.16. The Morgan fingerprint density at radius 1 is 1.19 bits per heavy atom. The second-order valence-corrected chi connectivity index (χ2v) is 5.60. The lowest BCUT2D eigenvalue weighted by molar-refractivity contribution is 0.0697. The monoisotopic (exact) mass is 283 g/mol. The summed E-state index contributed by atoms with van der Waals surface area (Å²) in [5.74, 6) is 0.359. The number of aromatic nitrogens is 2. The van der Waals surface area contributed by atoms with Crippen molar-refractivity contribution in [1.82, 2.24) is 9.97 Å². The molecule has 0 aliphatic carbocycles. The lowest BCUT2D eigenvalue weighted by Gasteiger charge is -2.17. The van der Waals surface area contributed by atoms with Crippen LogP contribution in [0.3, 0.4) is 0 Å². The molecule has 0 atom stereocenters. The fraction of sp³-hybridized carbons (Fsp3) is 0.312. The number of hydrogen-bond donors (Lipinski definition) is 1. The Kier molecular flexibility index (Phi) is 3.33. The van der Waals surface area contributed by atoms with E-state index in [0.29, 0.717) is 18.0 Å². The molecule has 0 radical (unpaired) electrons. The van der Waals surface area contributed by atoms with Crippen LogP contribution < -0.4 is 4.90 Å². The summed E-state index contributed by atoms with van der Waals surface area (Å²) in [6, 6.07) is 7.31. The van der Waals surface area contributed by atoms with E-state index in [1.807, 2.05) is 12.1 Å². The SMILES string of the molecule is CC(C)c1cc(N2Cc3ccc(C(=O)O)cc3C2)ncn1. The summed E-state index contributed by atoms with van der Waals surface area (Å²) in [4.78, 5) is 21.8. The van der Waals surface area contributed by atoms with Crippen molar-refractivity contribution in [3.63, 3.8) is 0 Å². The van der Waals surface area contributed by atoms with Gasteiger partial charge in [-0.3, -0.25) is 0 Å². The summed E-state index contributed by atoms with van der Waals surface area (Å²) in [5.41, 5.74) is 3.56. The minimum Gasteiger partial charge on any atom is -0.478 e. The molecule has 0 saturated heterocycles. The lowest BCUT2D eigenvalue weighted by Crippen LogP contribution is -2.16. The van der Waals surface area contributed by atoms with Gasteiger partial charge in [-0.15, -0.1) is 0 Å². The molecule has 0 saturated carbocycles. The van der Waals surface area contributed by atoms with E-state index in [9.17, 15) is 4.79 Å². The molecule has 5 heteroatoms. The van der Waals surface area contributed by atoms with Gasteiger partial charge in [0.05, 0.1) is 5.56 Å². The highest BCUT2D eigenvalue weighted by Gasteiger charge is 2.22. The summed E-state index contributed by atoms with van der Waals surface area (Å²) < 4.78 is 0. The third-order valence-corrected chi connectivity index (χ3v) is 3.76. The molecule has 1 aliphatic heterocycles. The maximum Gasteiger partial charge on any atom is 0.335 e. The summed E-state index contributed by atoms with van der Waals surface area (Å²) in [6.45, 7) is 5.64. The number of carboxylic acids is 1. The first kappa shape index (κ1) is 13.5.